The number of ether oxygens (including phenoxy) is 1. The van der Waals surface area contributed by atoms with E-state index in [4.69, 9.17) is 4.74 Å². The molecule has 0 radical (unpaired) electrons. The first-order valence-corrected chi connectivity index (χ1v) is 8.15. The predicted molar refractivity (Wildman–Crippen MR) is 86.9 cm³/mol. The zero-order chi connectivity index (χ0) is 15.1. The monoisotopic (exact) mass is 280 g/mol. The highest BCUT2D eigenvalue weighted by Gasteiger charge is 2.01. The van der Waals surface area contributed by atoms with Crippen LogP contribution < -0.4 is 0 Å². The molecule has 0 bridgehead atoms. The molecular formula is C18H32O2. The van der Waals surface area contributed by atoms with Crippen molar-refractivity contribution >= 4 is 5.78 Å². The van der Waals surface area contributed by atoms with Gasteiger partial charge in [-0.2, -0.15) is 0 Å². The van der Waals surface area contributed by atoms with E-state index in [0.29, 0.717) is 24.5 Å². The Kier molecular flexibility index (Phi) is 13.9. The van der Waals surface area contributed by atoms with Gasteiger partial charge < -0.3 is 4.74 Å². The van der Waals surface area contributed by atoms with Gasteiger partial charge in [0.1, 0.15) is 5.78 Å². The molecular weight excluding hydrogens is 248 g/mol. The number of ketones is 1. The Balaban J connectivity index is 3.90. The number of allylic oxidation sites excluding steroid dienone is 3. The molecule has 2 nitrogen and oxygen atoms in total. The molecule has 0 aromatic heterocycles. The lowest BCUT2D eigenvalue weighted by Crippen LogP contribution is -1.97. The third kappa shape index (κ3) is 12.2. The number of hydrogen-bond acceptors (Lipinski definition) is 2. The summed E-state index contributed by atoms with van der Waals surface area (Å²) in [5.74, 6) is 0.913. The lowest BCUT2D eigenvalue weighted by Gasteiger charge is -2.08. The smallest absolute Gasteiger partial charge is 0.136 e. The second kappa shape index (κ2) is 14.5. The molecule has 0 aromatic carbocycles. The van der Waals surface area contributed by atoms with Crippen LogP contribution >= 0.6 is 0 Å². The topological polar surface area (TPSA) is 26.3 Å². The molecule has 20 heavy (non-hydrogen) atoms. The van der Waals surface area contributed by atoms with E-state index in [0.717, 1.165) is 32.5 Å². The van der Waals surface area contributed by atoms with E-state index in [1.54, 1.807) is 0 Å². The lowest BCUT2D eigenvalue weighted by molar-refractivity contribution is -0.117. The molecule has 0 aliphatic carbocycles. The standard InChI is InChI=1S/C18H32O2/c1-4-11-17(12-7-8-14-18(19)6-3)13-9-10-16-20-15-5-2/h7-9,13,17H,4-6,10-12,14-16H2,1-3H3/b8-7+,13-9?. The molecule has 116 valence electrons. The van der Waals surface area contributed by atoms with Crippen LogP contribution in [-0.2, 0) is 9.53 Å². The number of carbonyl (C=O) groups is 1. The van der Waals surface area contributed by atoms with Crippen LogP contribution in [0, 0.1) is 5.92 Å². The van der Waals surface area contributed by atoms with E-state index in [2.05, 4.69) is 32.1 Å². The maximum Gasteiger partial charge on any atom is 0.136 e. The van der Waals surface area contributed by atoms with Gasteiger partial charge in [-0.25, -0.2) is 0 Å². The Morgan fingerprint density at radius 1 is 1.05 bits per heavy atom. The van der Waals surface area contributed by atoms with Gasteiger partial charge in [0.25, 0.3) is 0 Å². The number of hydrogen-bond donors (Lipinski definition) is 0. The lowest BCUT2D eigenvalue weighted by atomic mass is 9.98. The van der Waals surface area contributed by atoms with Crippen LogP contribution in [0.4, 0.5) is 0 Å². The van der Waals surface area contributed by atoms with E-state index < -0.39 is 0 Å². The van der Waals surface area contributed by atoms with Gasteiger partial charge in [0.2, 0.25) is 0 Å². The van der Waals surface area contributed by atoms with Crippen molar-refractivity contribution in [1.82, 2.24) is 0 Å². The Morgan fingerprint density at radius 3 is 2.50 bits per heavy atom. The molecule has 0 aromatic rings. The van der Waals surface area contributed by atoms with Crippen LogP contribution in [0.25, 0.3) is 0 Å². The fourth-order valence-electron chi connectivity index (χ4n) is 1.98. The largest absolute Gasteiger partial charge is 0.381 e. The van der Waals surface area contributed by atoms with Crippen LogP contribution in [0.1, 0.15) is 65.7 Å². The Morgan fingerprint density at radius 2 is 1.85 bits per heavy atom. The maximum atomic E-state index is 11.2. The third-order valence-electron chi connectivity index (χ3n) is 3.19. The average molecular weight is 280 g/mol. The molecule has 1 unspecified atom stereocenters. The quantitative estimate of drug-likeness (QED) is 0.347. The molecule has 0 rings (SSSR count). The van der Waals surface area contributed by atoms with Gasteiger partial charge in [0.05, 0.1) is 6.61 Å². The van der Waals surface area contributed by atoms with Crippen LogP contribution in [0.5, 0.6) is 0 Å². The second-order valence-corrected chi connectivity index (χ2v) is 5.18. The fraction of sp³-hybridized carbons (Fsp3) is 0.722. The summed E-state index contributed by atoms with van der Waals surface area (Å²) in [6.07, 6.45) is 15.5. The van der Waals surface area contributed by atoms with Crippen LogP contribution in [0.3, 0.4) is 0 Å². The molecule has 0 aliphatic rings. The van der Waals surface area contributed by atoms with Crippen LogP contribution in [-0.4, -0.2) is 19.0 Å². The van der Waals surface area contributed by atoms with Crippen molar-refractivity contribution in [2.45, 2.75) is 65.7 Å². The number of rotatable bonds is 13. The Bertz CT molecular complexity index is 279. The molecule has 0 N–H and O–H groups in total. The molecule has 0 saturated heterocycles. The first kappa shape index (κ1) is 19.1. The molecule has 0 fully saturated rings. The average Bonchev–Trinajstić information content (AvgIpc) is 2.46. The van der Waals surface area contributed by atoms with Gasteiger partial charge in [0, 0.05) is 19.4 Å². The minimum atomic E-state index is 0.317. The predicted octanol–water partition coefficient (Wildman–Crippen LogP) is 5.09. The van der Waals surface area contributed by atoms with E-state index in [1.165, 1.54) is 12.8 Å². The molecule has 0 amide bonds. The summed E-state index contributed by atoms with van der Waals surface area (Å²) in [6, 6.07) is 0. The summed E-state index contributed by atoms with van der Waals surface area (Å²) in [5.41, 5.74) is 0. The van der Waals surface area contributed by atoms with Crippen molar-refractivity contribution in [3.05, 3.63) is 24.3 Å². The summed E-state index contributed by atoms with van der Waals surface area (Å²) >= 11 is 0. The van der Waals surface area contributed by atoms with Crippen molar-refractivity contribution in [2.75, 3.05) is 13.2 Å². The maximum absolute atomic E-state index is 11.2. The zero-order valence-electron chi connectivity index (χ0n) is 13.6. The van der Waals surface area contributed by atoms with E-state index in [-0.39, 0.29) is 0 Å². The number of Topliss-reactive ketones (excluding diaryl/α,β-unsaturated/α-hetero) is 1. The van der Waals surface area contributed by atoms with Gasteiger partial charge in [-0.05, 0) is 31.6 Å². The summed E-state index contributed by atoms with van der Waals surface area (Å²) < 4.78 is 5.46. The molecule has 2 heteroatoms. The van der Waals surface area contributed by atoms with Crippen LogP contribution in [0.15, 0.2) is 24.3 Å². The molecule has 0 spiro atoms. The first-order valence-electron chi connectivity index (χ1n) is 8.15. The van der Waals surface area contributed by atoms with Crippen molar-refractivity contribution in [1.29, 1.82) is 0 Å². The normalized spacial score (nSPS) is 13.3. The molecule has 0 saturated carbocycles. The third-order valence-corrected chi connectivity index (χ3v) is 3.19. The van der Waals surface area contributed by atoms with Gasteiger partial charge in [-0.3, -0.25) is 4.79 Å². The highest BCUT2D eigenvalue weighted by Crippen LogP contribution is 2.14. The SMILES string of the molecule is CCCOCCC=CC(C/C=C/CC(=O)CC)CCC. The highest BCUT2D eigenvalue weighted by molar-refractivity contribution is 5.79. The van der Waals surface area contributed by atoms with Crippen molar-refractivity contribution in [2.24, 2.45) is 5.92 Å². The van der Waals surface area contributed by atoms with Crippen LogP contribution in [0.2, 0.25) is 0 Å². The van der Waals surface area contributed by atoms with E-state index in [1.807, 2.05) is 13.0 Å². The Labute approximate surface area is 125 Å². The highest BCUT2D eigenvalue weighted by atomic mass is 16.5. The van der Waals surface area contributed by atoms with Gasteiger partial charge in [-0.1, -0.05) is 51.5 Å². The summed E-state index contributed by atoms with van der Waals surface area (Å²) in [4.78, 5) is 11.2. The first-order chi connectivity index (χ1) is 9.74. The Hall–Kier alpha value is -0.890. The van der Waals surface area contributed by atoms with Crippen molar-refractivity contribution in [3.63, 3.8) is 0 Å². The minimum Gasteiger partial charge on any atom is -0.381 e. The summed E-state index contributed by atoms with van der Waals surface area (Å²) in [6.45, 7) is 7.95. The molecule has 0 heterocycles. The van der Waals surface area contributed by atoms with E-state index in [9.17, 15) is 4.79 Å². The number of carbonyl (C=O) groups excluding carboxylic acids is 1. The van der Waals surface area contributed by atoms with Gasteiger partial charge in [-0.15, -0.1) is 0 Å². The van der Waals surface area contributed by atoms with Gasteiger partial charge in [0.15, 0.2) is 0 Å². The summed E-state index contributed by atoms with van der Waals surface area (Å²) in [5, 5.41) is 0. The zero-order valence-corrected chi connectivity index (χ0v) is 13.6. The molecule has 1 atom stereocenters. The van der Waals surface area contributed by atoms with E-state index >= 15 is 0 Å². The van der Waals surface area contributed by atoms with Gasteiger partial charge >= 0.3 is 0 Å². The minimum absolute atomic E-state index is 0.317. The summed E-state index contributed by atoms with van der Waals surface area (Å²) in [7, 11) is 0. The fourth-order valence-corrected chi connectivity index (χ4v) is 1.98. The second-order valence-electron chi connectivity index (χ2n) is 5.18. The molecule has 0 aliphatic heterocycles. The van der Waals surface area contributed by atoms with Crippen molar-refractivity contribution in [3.8, 4) is 0 Å². The van der Waals surface area contributed by atoms with Crippen molar-refractivity contribution < 1.29 is 9.53 Å².